The van der Waals surface area contributed by atoms with Gasteiger partial charge >= 0.3 is 0 Å². The number of nitrogens with one attached hydrogen (secondary N) is 3. The van der Waals surface area contributed by atoms with Gasteiger partial charge in [-0.2, -0.15) is 0 Å². The van der Waals surface area contributed by atoms with E-state index in [0.717, 1.165) is 16.5 Å². The second kappa shape index (κ2) is 6.82. The van der Waals surface area contributed by atoms with Gasteiger partial charge in [0.05, 0.1) is 10.3 Å². The van der Waals surface area contributed by atoms with Crippen molar-refractivity contribution in [1.29, 1.82) is 0 Å². The Morgan fingerprint density at radius 3 is 2.59 bits per heavy atom. The Hall–Kier alpha value is -3.23. The summed E-state index contributed by atoms with van der Waals surface area (Å²) in [6.07, 6.45) is 3.24. The smallest absolute Gasteiger partial charge is 0.240 e. The molecule has 3 N–H and O–H groups in total. The Kier molecular flexibility index (Phi) is 4.35. The van der Waals surface area contributed by atoms with Gasteiger partial charge < -0.3 is 10.3 Å². The van der Waals surface area contributed by atoms with Crippen molar-refractivity contribution in [1.82, 2.24) is 19.7 Å². The molecule has 0 aliphatic rings. The lowest BCUT2D eigenvalue weighted by Crippen LogP contribution is -2.18. The van der Waals surface area contributed by atoms with Gasteiger partial charge in [-0.3, -0.25) is 0 Å². The molecule has 4 rings (SSSR count). The minimum atomic E-state index is -3.57. The van der Waals surface area contributed by atoms with Crippen LogP contribution in [0.15, 0.2) is 72.0 Å². The number of anilines is 2. The highest BCUT2D eigenvalue weighted by atomic mass is 32.2. The third-order valence-corrected chi connectivity index (χ3v) is 5.67. The Bertz CT molecular complexity index is 1200. The number of sulfonamides is 1. The maximum absolute atomic E-state index is 12.3. The zero-order valence-corrected chi connectivity index (χ0v) is 15.3. The van der Waals surface area contributed by atoms with Gasteiger partial charge in [0.15, 0.2) is 0 Å². The van der Waals surface area contributed by atoms with Gasteiger partial charge in [-0.1, -0.05) is 36.4 Å². The van der Waals surface area contributed by atoms with E-state index in [1.165, 1.54) is 13.4 Å². The molecule has 0 radical (unpaired) electrons. The third-order valence-electron chi connectivity index (χ3n) is 4.26. The monoisotopic (exact) mass is 379 g/mol. The van der Waals surface area contributed by atoms with Gasteiger partial charge in [0.25, 0.3) is 0 Å². The summed E-state index contributed by atoms with van der Waals surface area (Å²) < 4.78 is 26.9. The fraction of sp³-hybridized carbons (Fsp3) is 0.0526. The first-order valence-corrected chi connectivity index (χ1v) is 9.75. The summed E-state index contributed by atoms with van der Waals surface area (Å²) in [6.45, 7) is 0. The van der Waals surface area contributed by atoms with E-state index in [4.69, 9.17) is 0 Å². The summed E-state index contributed by atoms with van der Waals surface area (Å²) in [7, 11) is -2.18. The molecule has 0 fully saturated rings. The highest BCUT2D eigenvalue weighted by molar-refractivity contribution is 7.89. The molecule has 7 nitrogen and oxygen atoms in total. The molecule has 8 heteroatoms. The van der Waals surface area contributed by atoms with Gasteiger partial charge in [-0.05, 0) is 30.8 Å². The number of fused-ring (bicyclic) bond motifs is 1. The molecule has 0 spiro atoms. The highest BCUT2D eigenvalue weighted by Crippen LogP contribution is 2.33. The van der Waals surface area contributed by atoms with Crippen LogP contribution in [-0.2, 0) is 10.0 Å². The number of hydrogen-bond acceptors (Lipinski definition) is 5. The lowest BCUT2D eigenvalue weighted by Gasteiger charge is -2.14. The van der Waals surface area contributed by atoms with Crippen LogP contribution < -0.4 is 10.0 Å². The molecule has 2 heterocycles. The summed E-state index contributed by atoms with van der Waals surface area (Å²) in [5.74, 6) is 0.595. The van der Waals surface area contributed by atoms with Crippen molar-refractivity contribution < 1.29 is 8.42 Å². The van der Waals surface area contributed by atoms with Gasteiger partial charge in [0.2, 0.25) is 10.0 Å². The topological polar surface area (TPSA) is 99.8 Å². The van der Waals surface area contributed by atoms with Crippen molar-refractivity contribution >= 4 is 32.6 Å². The number of hydrogen-bond donors (Lipinski definition) is 3. The van der Waals surface area contributed by atoms with E-state index in [1.807, 2.05) is 36.4 Å². The van der Waals surface area contributed by atoms with E-state index in [0.29, 0.717) is 17.2 Å². The molecule has 0 bridgehead atoms. The molecule has 4 aromatic rings. The van der Waals surface area contributed by atoms with Crippen molar-refractivity contribution in [3.05, 3.63) is 67.1 Å². The van der Waals surface area contributed by atoms with Crippen LogP contribution in [-0.4, -0.2) is 30.4 Å². The van der Waals surface area contributed by atoms with Crippen molar-refractivity contribution in [3.8, 4) is 11.1 Å². The highest BCUT2D eigenvalue weighted by Gasteiger charge is 2.16. The summed E-state index contributed by atoms with van der Waals surface area (Å²) >= 11 is 0. The third kappa shape index (κ3) is 3.27. The molecule has 0 aliphatic heterocycles. The largest absolute Gasteiger partial charge is 0.346 e. The number of aromatic amines is 1. The number of H-pyrrole nitrogens is 1. The van der Waals surface area contributed by atoms with Crippen LogP contribution in [0.1, 0.15) is 0 Å². The van der Waals surface area contributed by atoms with Crippen LogP contribution >= 0.6 is 0 Å². The average Bonchev–Trinajstić information content (AvgIpc) is 3.18. The fourth-order valence-corrected chi connectivity index (χ4v) is 3.64. The van der Waals surface area contributed by atoms with Crippen LogP contribution in [0, 0.1) is 0 Å². The SMILES string of the molecule is CNS(=O)(=O)c1ccc(-c2ccccc2)c(Nc2ncnc3[nH]ccc23)c1. The van der Waals surface area contributed by atoms with E-state index in [2.05, 4.69) is 25.0 Å². The maximum Gasteiger partial charge on any atom is 0.240 e. The number of nitrogens with zero attached hydrogens (tertiary/aromatic N) is 2. The average molecular weight is 379 g/mol. The summed E-state index contributed by atoms with van der Waals surface area (Å²) in [5.41, 5.74) is 3.17. The molecule has 0 amide bonds. The van der Waals surface area contributed by atoms with E-state index >= 15 is 0 Å². The van der Waals surface area contributed by atoms with Gasteiger partial charge in [0, 0.05) is 17.4 Å². The van der Waals surface area contributed by atoms with Gasteiger partial charge in [0.1, 0.15) is 17.8 Å². The van der Waals surface area contributed by atoms with E-state index in [-0.39, 0.29) is 4.90 Å². The molecule has 2 aromatic carbocycles. The number of rotatable bonds is 5. The molecular weight excluding hydrogens is 362 g/mol. The van der Waals surface area contributed by atoms with Crippen molar-refractivity contribution in [2.24, 2.45) is 0 Å². The zero-order chi connectivity index (χ0) is 18.9. The first-order valence-electron chi connectivity index (χ1n) is 8.26. The Labute approximate surface area is 156 Å². The molecular formula is C19H17N5O2S. The van der Waals surface area contributed by atoms with Gasteiger partial charge in [-0.25, -0.2) is 23.1 Å². The Balaban J connectivity index is 1.88. The van der Waals surface area contributed by atoms with Crippen LogP contribution in [0.4, 0.5) is 11.5 Å². The van der Waals surface area contributed by atoms with E-state index in [1.54, 1.807) is 24.4 Å². The lowest BCUT2D eigenvalue weighted by atomic mass is 10.0. The molecule has 27 heavy (non-hydrogen) atoms. The molecule has 2 aromatic heterocycles. The van der Waals surface area contributed by atoms with Crippen molar-refractivity contribution in [2.75, 3.05) is 12.4 Å². The summed E-state index contributed by atoms with van der Waals surface area (Å²) in [5, 5.41) is 4.09. The predicted molar refractivity (Wildman–Crippen MR) is 105 cm³/mol. The first kappa shape index (κ1) is 17.2. The predicted octanol–water partition coefficient (Wildman–Crippen LogP) is 3.28. The van der Waals surface area contributed by atoms with Crippen LogP contribution in [0.5, 0.6) is 0 Å². The lowest BCUT2D eigenvalue weighted by molar-refractivity contribution is 0.588. The summed E-state index contributed by atoms with van der Waals surface area (Å²) in [4.78, 5) is 11.7. The van der Waals surface area contributed by atoms with Crippen molar-refractivity contribution in [3.63, 3.8) is 0 Å². The molecule has 0 aliphatic carbocycles. The van der Waals surface area contributed by atoms with E-state index in [9.17, 15) is 8.42 Å². The summed E-state index contributed by atoms with van der Waals surface area (Å²) in [6, 6.07) is 16.6. The standard InChI is InChI=1S/C19H17N5O2S/c1-20-27(25,26)14-7-8-15(13-5-3-2-4-6-13)17(11-14)24-19-16-9-10-21-18(16)22-12-23-19/h2-12,20H,1H3,(H2,21,22,23,24). The second-order valence-corrected chi connectivity index (χ2v) is 7.75. The van der Waals surface area contributed by atoms with Crippen LogP contribution in [0.2, 0.25) is 0 Å². The zero-order valence-electron chi connectivity index (χ0n) is 14.5. The maximum atomic E-state index is 12.3. The molecule has 0 unspecified atom stereocenters. The Morgan fingerprint density at radius 2 is 1.81 bits per heavy atom. The van der Waals surface area contributed by atoms with Gasteiger partial charge in [-0.15, -0.1) is 0 Å². The quantitative estimate of drug-likeness (QED) is 0.494. The first-order chi connectivity index (χ1) is 13.1. The number of benzene rings is 2. The molecule has 0 saturated carbocycles. The Morgan fingerprint density at radius 1 is 1.00 bits per heavy atom. The molecule has 0 saturated heterocycles. The minimum Gasteiger partial charge on any atom is -0.346 e. The number of aromatic nitrogens is 3. The minimum absolute atomic E-state index is 0.173. The molecule has 136 valence electrons. The van der Waals surface area contributed by atoms with Crippen LogP contribution in [0.25, 0.3) is 22.2 Å². The van der Waals surface area contributed by atoms with Crippen LogP contribution in [0.3, 0.4) is 0 Å². The fourth-order valence-electron chi connectivity index (χ4n) is 2.88. The van der Waals surface area contributed by atoms with Crippen molar-refractivity contribution in [2.45, 2.75) is 4.90 Å². The van der Waals surface area contributed by atoms with E-state index < -0.39 is 10.0 Å². The second-order valence-electron chi connectivity index (χ2n) is 5.87. The normalized spacial score (nSPS) is 11.6. The molecule has 0 atom stereocenters.